The number of carbonyl (C=O) groups is 1. The number of carboxylic acid groups (broad SMARTS) is 1. The van der Waals surface area contributed by atoms with E-state index in [4.69, 9.17) is 14.6 Å². The number of hydrogen-bond acceptors (Lipinski definition) is 3. The zero-order chi connectivity index (χ0) is 13.0. The minimum absolute atomic E-state index is 0.186. The number of halogens is 1. The van der Waals surface area contributed by atoms with Gasteiger partial charge >= 0.3 is 5.97 Å². The molecule has 1 aromatic rings. The second-order valence-electron chi connectivity index (χ2n) is 4.22. The minimum Gasteiger partial charge on any atom is -0.493 e. The van der Waals surface area contributed by atoms with E-state index in [-0.39, 0.29) is 11.7 Å². The van der Waals surface area contributed by atoms with Crippen molar-refractivity contribution in [2.75, 3.05) is 13.2 Å². The van der Waals surface area contributed by atoms with Gasteiger partial charge < -0.3 is 14.6 Å². The highest BCUT2D eigenvalue weighted by atomic mass is 79.9. The summed E-state index contributed by atoms with van der Waals surface area (Å²) in [7, 11) is 0. The molecule has 0 bridgehead atoms. The van der Waals surface area contributed by atoms with Crippen molar-refractivity contribution >= 4 is 21.9 Å². The molecule has 1 aliphatic rings. The van der Waals surface area contributed by atoms with E-state index >= 15 is 0 Å². The smallest absolute Gasteiger partial charge is 0.339 e. The molecule has 1 N–H and O–H groups in total. The normalized spacial score (nSPS) is 18.8. The maximum absolute atomic E-state index is 11.0. The lowest BCUT2D eigenvalue weighted by Gasteiger charge is -2.12. The van der Waals surface area contributed by atoms with Crippen LogP contribution >= 0.6 is 15.9 Å². The summed E-state index contributed by atoms with van der Waals surface area (Å²) in [5.74, 6) is -0.579. The van der Waals surface area contributed by atoms with E-state index in [2.05, 4.69) is 15.9 Å². The van der Waals surface area contributed by atoms with Crippen LogP contribution in [0.4, 0.5) is 0 Å². The van der Waals surface area contributed by atoms with Crippen LogP contribution in [-0.2, 0) is 4.74 Å². The summed E-state index contributed by atoms with van der Waals surface area (Å²) < 4.78 is 11.8. The third-order valence-electron chi connectivity index (χ3n) is 2.90. The average Bonchev–Trinajstić information content (AvgIpc) is 2.82. The number of carboxylic acids is 1. The lowest BCUT2D eigenvalue weighted by molar-refractivity contribution is 0.0689. The molecule has 18 heavy (non-hydrogen) atoms. The number of hydrogen-bond donors (Lipinski definition) is 1. The van der Waals surface area contributed by atoms with Gasteiger partial charge in [0.15, 0.2) is 0 Å². The minimum atomic E-state index is -0.977. The van der Waals surface area contributed by atoms with Gasteiger partial charge in [-0.15, -0.1) is 0 Å². The highest BCUT2D eigenvalue weighted by molar-refractivity contribution is 9.10. The van der Waals surface area contributed by atoms with Gasteiger partial charge in [-0.1, -0.05) is 15.9 Å². The molecule has 98 valence electrons. The highest BCUT2D eigenvalue weighted by Gasteiger charge is 2.16. The van der Waals surface area contributed by atoms with Crippen LogP contribution in [0.2, 0.25) is 0 Å². The second kappa shape index (κ2) is 6.20. The van der Waals surface area contributed by atoms with Crippen LogP contribution in [0.3, 0.4) is 0 Å². The van der Waals surface area contributed by atoms with Gasteiger partial charge in [0, 0.05) is 17.5 Å². The third-order valence-corrected chi connectivity index (χ3v) is 3.39. The quantitative estimate of drug-likeness (QED) is 0.907. The Morgan fingerprint density at radius 3 is 3.06 bits per heavy atom. The van der Waals surface area contributed by atoms with Crippen molar-refractivity contribution in [3.05, 3.63) is 28.2 Å². The summed E-state index contributed by atoms with van der Waals surface area (Å²) in [5, 5.41) is 9.05. The van der Waals surface area contributed by atoms with Gasteiger partial charge in [0.05, 0.1) is 12.7 Å². The van der Waals surface area contributed by atoms with Crippen LogP contribution in [0.15, 0.2) is 22.7 Å². The van der Waals surface area contributed by atoms with Crippen LogP contribution < -0.4 is 4.74 Å². The first kappa shape index (κ1) is 13.4. The highest BCUT2D eigenvalue weighted by Crippen LogP contribution is 2.24. The predicted octanol–water partition coefficient (Wildman–Crippen LogP) is 3.10. The van der Waals surface area contributed by atoms with Crippen LogP contribution in [0.25, 0.3) is 0 Å². The average molecular weight is 315 g/mol. The Morgan fingerprint density at radius 1 is 1.56 bits per heavy atom. The second-order valence-corrected chi connectivity index (χ2v) is 5.13. The molecule has 4 nitrogen and oxygen atoms in total. The molecule has 0 aliphatic carbocycles. The SMILES string of the molecule is O=C(O)c1ccc(Br)cc1OCCC1CCCO1. The Kier molecular flexibility index (Phi) is 4.60. The van der Waals surface area contributed by atoms with Gasteiger partial charge in [-0.2, -0.15) is 0 Å². The Bertz CT molecular complexity index is 427. The molecular weight excluding hydrogens is 300 g/mol. The molecule has 1 unspecified atom stereocenters. The van der Waals surface area contributed by atoms with Crippen molar-refractivity contribution in [3.8, 4) is 5.75 Å². The van der Waals surface area contributed by atoms with Crippen molar-refractivity contribution in [1.29, 1.82) is 0 Å². The third kappa shape index (κ3) is 3.46. The zero-order valence-corrected chi connectivity index (χ0v) is 11.5. The molecule has 0 radical (unpaired) electrons. The molecule has 1 aliphatic heterocycles. The molecule has 0 spiro atoms. The maximum Gasteiger partial charge on any atom is 0.339 e. The number of aromatic carboxylic acids is 1. The fraction of sp³-hybridized carbons (Fsp3) is 0.462. The Morgan fingerprint density at radius 2 is 2.39 bits per heavy atom. The van der Waals surface area contributed by atoms with Crippen LogP contribution in [-0.4, -0.2) is 30.4 Å². The number of ether oxygens (including phenoxy) is 2. The van der Waals surface area contributed by atoms with E-state index in [1.54, 1.807) is 12.1 Å². The predicted molar refractivity (Wildman–Crippen MR) is 70.2 cm³/mol. The molecule has 0 saturated carbocycles. The Balaban J connectivity index is 1.94. The summed E-state index contributed by atoms with van der Waals surface area (Å²) in [5.41, 5.74) is 0.186. The summed E-state index contributed by atoms with van der Waals surface area (Å²) in [6, 6.07) is 4.91. The first-order valence-corrected chi connectivity index (χ1v) is 6.73. The maximum atomic E-state index is 11.0. The van der Waals surface area contributed by atoms with Crippen LogP contribution in [0, 0.1) is 0 Å². The molecule has 5 heteroatoms. The van der Waals surface area contributed by atoms with Gasteiger partial charge in [0.1, 0.15) is 11.3 Å². The summed E-state index contributed by atoms with van der Waals surface area (Å²) in [6.07, 6.45) is 3.21. The summed E-state index contributed by atoms with van der Waals surface area (Å²) in [6.45, 7) is 1.29. The fourth-order valence-electron chi connectivity index (χ4n) is 1.96. The van der Waals surface area contributed by atoms with Crippen molar-refractivity contribution in [2.45, 2.75) is 25.4 Å². The van der Waals surface area contributed by atoms with E-state index in [1.807, 2.05) is 0 Å². The monoisotopic (exact) mass is 314 g/mol. The molecule has 1 saturated heterocycles. The molecule has 1 aromatic carbocycles. The molecule has 1 atom stereocenters. The zero-order valence-electron chi connectivity index (χ0n) is 9.89. The first-order chi connectivity index (χ1) is 8.66. The topological polar surface area (TPSA) is 55.8 Å². The molecule has 1 heterocycles. The van der Waals surface area contributed by atoms with Crippen molar-refractivity contribution in [3.63, 3.8) is 0 Å². The lowest BCUT2D eigenvalue weighted by atomic mass is 10.2. The van der Waals surface area contributed by atoms with Gasteiger partial charge in [0.25, 0.3) is 0 Å². The van der Waals surface area contributed by atoms with Crippen molar-refractivity contribution in [2.24, 2.45) is 0 Å². The largest absolute Gasteiger partial charge is 0.493 e. The standard InChI is InChI=1S/C13H15BrO4/c14-9-3-4-11(13(15)16)12(8-9)18-7-5-10-2-1-6-17-10/h3-4,8,10H,1-2,5-7H2,(H,15,16). The van der Waals surface area contributed by atoms with E-state index in [9.17, 15) is 4.79 Å². The van der Waals surface area contributed by atoms with Crippen molar-refractivity contribution in [1.82, 2.24) is 0 Å². The Labute approximate surface area is 114 Å². The summed E-state index contributed by atoms with van der Waals surface area (Å²) >= 11 is 3.31. The molecule has 1 fully saturated rings. The van der Waals surface area contributed by atoms with E-state index in [0.717, 1.165) is 30.3 Å². The molecular formula is C13H15BrO4. The fourth-order valence-corrected chi connectivity index (χ4v) is 2.30. The molecule has 0 aromatic heterocycles. The van der Waals surface area contributed by atoms with Crippen molar-refractivity contribution < 1.29 is 19.4 Å². The van der Waals surface area contributed by atoms with Gasteiger partial charge in [0.2, 0.25) is 0 Å². The van der Waals surface area contributed by atoms with Gasteiger partial charge in [-0.25, -0.2) is 4.79 Å². The van der Waals surface area contributed by atoms with Gasteiger partial charge in [-0.3, -0.25) is 0 Å². The lowest BCUT2D eigenvalue weighted by Crippen LogP contribution is -2.12. The van der Waals surface area contributed by atoms with E-state index in [1.165, 1.54) is 6.07 Å². The van der Waals surface area contributed by atoms with Gasteiger partial charge in [-0.05, 0) is 31.0 Å². The number of rotatable bonds is 5. The first-order valence-electron chi connectivity index (χ1n) is 5.94. The molecule has 2 rings (SSSR count). The summed E-state index contributed by atoms with van der Waals surface area (Å²) in [4.78, 5) is 11.0. The number of benzene rings is 1. The molecule has 0 amide bonds. The van der Waals surface area contributed by atoms with E-state index in [0.29, 0.717) is 12.4 Å². The Hall–Kier alpha value is -1.07. The van der Waals surface area contributed by atoms with E-state index < -0.39 is 5.97 Å². The van der Waals surface area contributed by atoms with Crippen LogP contribution in [0.1, 0.15) is 29.6 Å². The van der Waals surface area contributed by atoms with Crippen LogP contribution in [0.5, 0.6) is 5.75 Å².